The highest BCUT2D eigenvalue weighted by molar-refractivity contribution is 4.92. The molecule has 2 rings (SSSR count). The fourth-order valence-electron chi connectivity index (χ4n) is 3.07. The molecule has 1 heterocycles. The van der Waals surface area contributed by atoms with Gasteiger partial charge in [-0.2, -0.15) is 0 Å². The minimum Gasteiger partial charge on any atom is -0.380 e. The highest BCUT2D eigenvalue weighted by atomic mass is 16.5. The van der Waals surface area contributed by atoms with Crippen molar-refractivity contribution in [2.24, 2.45) is 0 Å². The Hall–Kier alpha value is -0.120. The zero-order chi connectivity index (χ0) is 11.4. The molecule has 2 N–H and O–H groups in total. The third-order valence-electron chi connectivity index (χ3n) is 4.22. The molecule has 3 nitrogen and oxygen atoms in total. The Bertz CT molecular complexity index is 214. The number of hydrogen-bond acceptors (Lipinski definition) is 3. The van der Waals surface area contributed by atoms with Crippen LogP contribution >= 0.6 is 0 Å². The molecule has 2 fully saturated rings. The molecule has 0 bridgehead atoms. The van der Waals surface area contributed by atoms with Gasteiger partial charge in [0.25, 0.3) is 0 Å². The summed E-state index contributed by atoms with van der Waals surface area (Å²) in [6.45, 7) is 4.60. The van der Waals surface area contributed by atoms with E-state index in [2.05, 4.69) is 17.6 Å². The summed E-state index contributed by atoms with van der Waals surface area (Å²) in [5, 5.41) is 7.35. The van der Waals surface area contributed by atoms with E-state index in [1.165, 1.54) is 45.1 Å². The standard InChI is InChI=1S/C13H26N2O/c1-13(8-3-4-9-15-13)10-14-11-6-5-7-12(11)16-2/h11-12,14-15H,3-10H2,1-2H3. The number of methoxy groups -OCH3 is 1. The smallest absolute Gasteiger partial charge is 0.0724 e. The van der Waals surface area contributed by atoms with Gasteiger partial charge in [-0.1, -0.05) is 6.42 Å². The number of hydrogen-bond donors (Lipinski definition) is 2. The second kappa shape index (κ2) is 5.48. The zero-order valence-corrected chi connectivity index (χ0v) is 10.7. The molecular weight excluding hydrogens is 200 g/mol. The first-order valence-electron chi connectivity index (χ1n) is 6.75. The fourth-order valence-corrected chi connectivity index (χ4v) is 3.07. The molecule has 3 atom stereocenters. The van der Waals surface area contributed by atoms with Crippen molar-refractivity contribution in [1.82, 2.24) is 10.6 Å². The molecule has 1 saturated carbocycles. The van der Waals surface area contributed by atoms with Crippen molar-refractivity contribution in [3.8, 4) is 0 Å². The third kappa shape index (κ3) is 2.96. The molecule has 2 aliphatic rings. The molecule has 94 valence electrons. The van der Waals surface area contributed by atoms with Crippen LogP contribution in [0.15, 0.2) is 0 Å². The highest BCUT2D eigenvalue weighted by Gasteiger charge is 2.31. The number of rotatable bonds is 4. The second-order valence-electron chi connectivity index (χ2n) is 5.64. The van der Waals surface area contributed by atoms with Gasteiger partial charge in [0.1, 0.15) is 0 Å². The first-order valence-corrected chi connectivity index (χ1v) is 6.75. The Morgan fingerprint density at radius 3 is 2.88 bits per heavy atom. The van der Waals surface area contributed by atoms with Gasteiger partial charge in [-0.15, -0.1) is 0 Å². The maximum atomic E-state index is 5.51. The van der Waals surface area contributed by atoms with Crippen molar-refractivity contribution >= 4 is 0 Å². The van der Waals surface area contributed by atoms with Crippen LogP contribution in [-0.2, 0) is 4.74 Å². The monoisotopic (exact) mass is 226 g/mol. The lowest BCUT2D eigenvalue weighted by molar-refractivity contribution is 0.0815. The van der Waals surface area contributed by atoms with Crippen molar-refractivity contribution in [3.05, 3.63) is 0 Å². The van der Waals surface area contributed by atoms with Crippen molar-refractivity contribution in [3.63, 3.8) is 0 Å². The van der Waals surface area contributed by atoms with Crippen molar-refractivity contribution in [2.75, 3.05) is 20.2 Å². The topological polar surface area (TPSA) is 33.3 Å². The van der Waals surface area contributed by atoms with E-state index in [0.717, 1.165) is 6.54 Å². The second-order valence-corrected chi connectivity index (χ2v) is 5.64. The Labute approximate surface area is 99.3 Å². The quantitative estimate of drug-likeness (QED) is 0.765. The van der Waals surface area contributed by atoms with Gasteiger partial charge in [-0.25, -0.2) is 0 Å². The lowest BCUT2D eigenvalue weighted by Crippen LogP contribution is -2.55. The van der Waals surface area contributed by atoms with E-state index < -0.39 is 0 Å². The van der Waals surface area contributed by atoms with Crippen molar-refractivity contribution < 1.29 is 4.74 Å². The molecule has 0 spiro atoms. The molecular formula is C13H26N2O. The molecule has 16 heavy (non-hydrogen) atoms. The Morgan fingerprint density at radius 1 is 1.31 bits per heavy atom. The Kier molecular flexibility index (Phi) is 4.22. The summed E-state index contributed by atoms with van der Waals surface area (Å²) in [7, 11) is 1.84. The van der Waals surface area contributed by atoms with Gasteiger partial charge in [-0.05, 0) is 45.6 Å². The van der Waals surface area contributed by atoms with Crippen molar-refractivity contribution in [1.29, 1.82) is 0 Å². The molecule has 1 aliphatic carbocycles. The van der Waals surface area contributed by atoms with Crippen LogP contribution in [0.5, 0.6) is 0 Å². The van der Waals surface area contributed by atoms with E-state index in [0.29, 0.717) is 17.7 Å². The summed E-state index contributed by atoms with van der Waals surface area (Å²) in [5.74, 6) is 0. The van der Waals surface area contributed by atoms with Gasteiger partial charge in [-0.3, -0.25) is 0 Å². The van der Waals surface area contributed by atoms with Gasteiger partial charge in [0.15, 0.2) is 0 Å². The van der Waals surface area contributed by atoms with Gasteiger partial charge < -0.3 is 15.4 Å². The van der Waals surface area contributed by atoms with Crippen LogP contribution in [0.25, 0.3) is 0 Å². The van der Waals surface area contributed by atoms with Crippen LogP contribution in [0.2, 0.25) is 0 Å². The van der Waals surface area contributed by atoms with E-state index in [1.54, 1.807) is 0 Å². The number of nitrogens with one attached hydrogen (secondary N) is 2. The number of ether oxygens (including phenoxy) is 1. The van der Waals surface area contributed by atoms with Crippen LogP contribution in [0.3, 0.4) is 0 Å². The summed E-state index contributed by atoms with van der Waals surface area (Å²) in [6, 6.07) is 0.575. The lowest BCUT2D eigenvalue weighted by Gasteiger charge is -2.36. The highest BCUT2D eigenvalue weighted by Crippen LogP contribution is 2.23. The molecule has 3 unspecified atom stereocenters. The molecule has 3 heteroatoms. The van der Waals surface area contributed by atoms with E-state index in [1.807, 2.05) is 7.11 Å². The van der Waals surface area contributed by atoms with E-state index in [4.69, 9.17) is 4.74 Å². The molecule has 0 aromatic carbocycles. The molecule has 1 saturated heterocycles. The summed E-state index contributed by atoms with van der Waals surface area (Å²) in [5.41, 5.74) is 0.305. The van der Waals surface area contributed by atoms with E-state index in [-0.39, 0.29) is 0 Å². The van der Waals surface area contributed by atoms with E-state index >= 15 is 0 Å². The molecule has 0 amide bonds. The fraction of sp³-hybridized carbons (Fsp3) is 1.00. The normalized spacial score (nSPS) is 40.1. The predicted octanol–water partition coefficient (Wildman–Crippen LogP) is 1.68. The summed E-state index contributed by atoms with van der Waals surface area (Å²) >= 11 is 0. The molecule has 0 radical (unpaired) electrons. The predicted molar refractivity (Wildman–Crippen MR) is 66.7 cm³/mol. The molecule has 0 aromatic rings. The third-order valence-corrected chi connectivity index (χ3v) is 4.22. The summed E-state index contributed by atoms with van der Waals surface area (Å²) < 4.78 is 5.51. The van der Waals surface area contributed by atoms with Crippen LogP contribution in [0, 0.1) is 0 Å². The minimum atomic E-state index is 0.305. The van der Waals surface area contributed by atoms with Crippen LogP contribution < -0.4 is 10.6 Å². The SMILES string of the molecule is COC1CCCC1NCC1(C)CCCCN1. The van der Waals surface area contributed by atoms with Gasteiger partial charge in [0.2, 0.25) is 0 Å². The summed E-state index contributed by atoms with van der Waals surface area (Å²) in [4.78, 5) is 0. The average Bonchev–Trinajstić information content (AvgIpc) is 2.75. The first kappa shape index (κ1) is 12.3. The average molecular weight is 226 g/mol. The molecule has 0 aromatic heterocycles. The van der Waals surface area contributed by atoms with Crippen LogP contribution in [0.4, 0.5) is 0 Å². The first-order chi connectivity index (χ1) is 7.73. The van der Waals surface area contributed by atoms with Gasteiger partial charge in [0.05, 0.1) is 6.10 Å². The maximum Gasteiger partial charge on any atom is 0.0724 e. The number of piperidine rings is 1. The zero-order valence-electron chi connectivity index (χ0n) is 10.7. The lowest BCUT2D eigenvalue weighted by atomic mass is 9.90. The van der Waals surface area contributed by atoms with Gasteiger partial charge in [0, 0.05) is 25.2 Å². The summed E-state index contributed by atoms with van der Waals surface area (Å²) in [6.07, 6.45) is 8.23. The van der Waals surface area contributed by atoms with E-state index in [9.17, 15) is 0 Å². The van der Waals surface area contributed by atoms with Crippen LogP contribution in [-0.4, -0.2) is 37.9 Å². The Balaban J connectivity index is 1.77. The Morgan fingerprint density at radius 2 is 2.19 bits per heavy atom. The molecule has 1 aliphatic heterocycles. The minimum absolute atomic E-state index is 0.305. The van der Waals surface area contributed by atoms with Gasteiger partial charge >= 0.3 is 0 Å². The largest absolute Gasteiger partial charge is 0.380 e. The maximum absolute atomic E-state index is 5.51. The van der Waals surface area contributed by atoms with Crippen LogP contribution in [0.1, 0.15) is 45.4 Å². The van der Waals surface area contributed by atoms with Crippen molar-refractivity contribution in [2.45, 2.75) is 63.1 Å².